The highest BCUT2D eigenvalue weighted by Gasteiger charge is 2.36. The normalized spacial score (nSPS) is 15.0. The molecule has 2 N–H and O–H groups in total. The zero-order valence-electron chi connectivity index (χ0n) is 15.6. The Hall–Kier alpha value is -2.24. The van der Waals surface area contributed by atoms with Gasteiger partial charge in [0.1, 0.15) is 6.54 Å². The van der Waals surface area contributed by atoms with E-state index in [1.165, 1.54) is 6.08 Å². The van der Waals surface area contributed by atoms with Gasteiger partial charge in [-0.15, -0.1) is 0 Å². The first-order valence-electron chi connectivity index (χ1n) is 8.75. The largest absolute Gasteiger partial charge is 0.504 e. The van der Waals surface area contributed by atoms with E-state index in [9.17, 15) is 19.5 Å². The number of nitrogens with zero attached hydrogens (tertiary/aromatic N) is 1. The summed E-state index contributed by atoms with van der Waals surface area (Å²) in [4.78, 5) is 38.3. The smallest absolute Gasteiger partial charge is 0.294 e. The standard InChI is InChI=1S/C20H16ClIN2O5S/c1-2-29-15-8-11(7-13(22)18(15)26)9-16-19(27)24(20(28)30-16)10-17(25)23-14-6-4-3-5-12(14)21/h3-9,26H,2,10H2,1H3,(H,23,25)/b16-9+. The molecule has 156 valence electrons. The Morgan fingerprint density at radius 1 is 1.33 bits per heavy atom. The van der Waals surface area contributed by atoms with Gasteiger partial charge in [0.2, 0.25) is 5.91 Å². The molecule has 0 bridgehead atoms. The molecule has 1 aliphatic rings. The number of rotatable bonds is 6. The molecule has 0 radical (unpaired) electrons. The van der Waals surface area contributed by atoms with Crippen molar-refractivity contribution in [1.29, 1.82) is 0 Å². The number of benzene rings is 2. The molecule has 10 heteroatoms. The summed E-state index contributed by atoms with van der Waals surface area (Å²) in [6.45, 7) is 1.73. The fourth-order valence-corrected chi connectivity index (χ4v) is 4.27. The molecule has 1 heterocycles. The number of ether oxygens (including phenoxy) is 1. The number of anilines is 1. The summed E-state index contributed by atoms with van der Waals surface area (Å²) in [5.41, 5.74) is 0.987. The van der Waals surface area contributed by atoms with Gasteiger partial charge in [-0.25, -0.2) is 0 Å². The van der Waals surface area contributed by atoms with Crippen molar-refractivity contribution < 1.29 is 24.2 Å². The molecule has 3 amide bonds. The van der Waals surface area contributed by atoms with Gasteiger partial charge in [-0.2, -0.15) is 0 Å². The van der Waals surface area contributed by atoms with E-state index in [0.717, 1.165) is 16.7 Å². The molecular weight excluding hydrogens is 543 g/mol. The second kappa shape index (κ2) is 9.71. The topological polar surface area (TPSA) is 95.9 Å². The second-order valence-corrected chi connectivity index (χ2v) is 8.64. The first-order chi connectivity index (χ1) is 14.3. The summed E-state index contributed by atoms with van der Waals surface area (Å²) in [5.74, 6) is -0.808. The van der Waals surface area contributed by atoms with Crippen LogP contribution in [0.15, 0.2) is 41.3 Å². The van der Waals surface area contributed by atoms with Crippen molar-refractivity contribution >= 4 is 74.8 Å². The number of thioether (sulfide) groups is 1. The van der Waals surface area contributed by atoms with Crippen LogP contribution in [-0.4, -0.2) is 40.2 Å². The van der Waals surface area contributed by atoms with Crippen LogP contribution in [-0.2, 0) is 9.59 Å². The minimum Gasteiger partial charge on any atom is -0.504 e. The van der Waals surface area contributed by atoms with Crippen molar-refractivity contribution in [3.63, 3.8) is 0 Å². The van der Waals surface area contributed by atoms with Crippen LogP contribution in [0.4, 0.5) is 10.5 Å². The van der Waals surface area contributed by atoms with Crippen molar-refractivity contribution in [3.8, 4) is 11.5 Å². The van der Waals surface area contributed by atoms with Crippen molar-refractivity contribution in [2.75, 3.05) is 18.5 Å². The van der Waals surface area contributed by atoms with E-state index in [1.54, 1.807) is 43.3 Å². The summed E-state index contributed by atoms with van der Waals surface area (Å²) in [5, 5.41) is 12.4. The minimum atomic E-state index is -0.569. The molecule has 0 saturated carbocycles. The Bertz CT molecular complexity index is 1060. The summed E-state index contributed by atoms with van der Waals surface area (Å²) in [6.07, 6.45) is 1.53. The lowest BCUT2D eigenvalue weighted by Crippen LogP contribution is -2.36. The number of aromatic hydroxyl groups is 1. The Kier molecular flexibility index (Phi) is 7.27. The molecule has 0 unspecified atom stereocenters. The molecule has 3 rings (SSSR count). The third-order valence-electron chi connectivity index (χ3n) is 3.97. The predicted molar refractivity (Wildman–Crippen MR) is 125 cm³/mol. The molecular formula is C20H16ClIN2O5S. The van der Waals surface area contributed by atoms with E-state index in [-0.39, 0.29) is 16.4 Å². The van der Waals surface area contributed by atoms with Crippen LogP contribution in [0, 0.1) is 3.57 Å². The van der Waals surface area contributed by atoms with E-state index >= 15 is 0 Å². The lowest BCUT2D eigenvalue weighted by Gasteiger charge is -2.13. The van der Waals surface area contributed by atoms with Crippen molar-refractivity contribution in [1.82, 2.24) is 4.90 Å². The van der Waals surface area contributed by atoms with Crippen LogP contribution in [0.1, 0.15) is 12.5 Å². The average Bonchev–Trinajstić information content (AvgIpc) is 2.95. The summed E-state index contributed by atoms with van der Waals surface area (Å²) in [6, 6.07) is 9.92. The number of nitrogens with one attached hydrogen (secondary N) is 1. The summed E-state index contributed by atoms with van der Waals surface area (Å²) in [7, 11) is 0. The predicted octanol–water partition coefficient (Wildman–Crippen LogP) is 4.72. The van der Waals surface area contributed by atoms with Crippen LogP contribution < -0.4 is 10.1 Å². The summed E-state index contributed by atoms with van der Waals surface area (Å²) < 4.78 is 5.94. The van der Waals surface area contributed by atoms with Crippen molar-refractivity contribution in [3.05, 3.63) is 55.5 Å². The molecule has 1 fully saturated rings. The van der Waals surface area contributed by atoms with E-state index < -0.39 is 23.6 Å². The maximum absolute atomic E-state index is 12.7. The fraction of sp³-hybridized carbons (Fsp3) is 0.150. The van der Waals surface area contributed by atoms with Gasteiger partial charge < -0.3 is 15.2 Å². The lowest BCUT2D eigenvalue weighted by atomic mass is 10.2. The maximum Gasteiger partial charge on any atom is 0.294 e. The minimum absolute atomic E-state index is 0.0129. The zero-order chi connectivity index (χ0) is 21.8. The van der Waals surface area contributed by atoms with Gasteiger partial charge in [-0.3, -0.25) is 19.3 Å². The highest BCUT2D eigenvalue weighted by Crippen LogP contribution is 2.36. The van der Waals surface area contributed by atoms with Gasteiger partial charge in [-0.1, -0.05) is 23.7 Å². The lowest BCUT2D eigenvalue weighted by molar-refractivity contribution is -0.127. The molecule has 0 atom stereocenters. The van der Waals surface area contributed by atoms with Gasteiger partial charge in [0.25, 0.3) is 11.1 Å². The van der Waals surface area contributed by atoms with Gasteiger partial charge in [0.05, 0.1) is 25.8 Å². The Morgan fingerprint density at radius 3 is 2.77 bits per heavy atom. The van der Waals surface area contributed by atoms with Gasteiger partial charge >= 0.3 is 0 Å². The zero-order valence-corrected chi connectivity index (χ0v) is 19.4. The van der Waals surface area contributed by atoms with E-state index in [2.05, 4.69) is 5.32 Å². The summed E-state index contributed by atoms with van der Waals surface area (Å²) >= 11 is 8.71. The van der Waals surface area contributed by atoms with E-state index in [1.807, 2.05) is 22.6 Å². The highest BCUT2D eigenvalue weighted by molar-refractivity contribution is 14.1. The quantitative estimate of drug-likeness (QED) is 0.393. The number of phenolic OH excluding ortho intramolecular Hbond substituents is 1. The first kappa shape index (κ1) is 22.4. The number of halogens is 2. The van der Waals surface area contributed by atoms with Crippen LogP contribution in [0.2, 0.25) is 5.02 Å². The number of carbonyl (C=O) groups excluding carboxylic acids is 3. The number of para-hydroxylation sites is 1. The molecule has 0 aliphatic carbocycles. The fourth-order valence-electron chi connectivity index (χ4n) is 2.63. The number of hydrogen-bond donors (Lipinski definition) is 2. The van der Waals surface area contributed by atoms with Crippen molar-refractivity contribution in [2.24, 2.45) is 0 Å². The van der Waals surface area contributed by atoms with Crippen LogP contribution >= 0.6 is 46.0 Å². The molecule has 1 saturated heterocycles. The van der Waals surface area contributed by atoms with Crippen LogP contribution in [0.25, 0.3) is 6.08 Å². The maximum atomic E-state index is 12.7. The highest BCUT2D eigenvalue weighted by atomic mass is 127. The second-order valence-electron chi connectivity index (χ2n) is 6.08. The molecule has 2 aromatic rings. The van der Waals surface area contributed by atoms with Gasteiger partial charge in [-0.05, 0) is 77.2 Å². The van der Waals surface area contributed by atoms with Gasteiger partial charge in [0, 0.05) is 0 Å². The number of imide groups is 1. The van der Waals surface area contributed by atoms with Crippen LogP contribution in [0.3, 0.4) is 0 Å². The number of hydrogen-bond acceptors (Lipinski definition) is 6. The third-order valence-corrected chi connectivity index (χ3v) is 6.03. The third kappa shape index (κ3) is 5.08. The van der Waals surface area contributed by atoms with Gasteiger partial charge in [0.15, 0.2) is 11.5 Å². The number of phenols is 1. The monoisotopic (exact) mass is 558 g/mol. The average molecular weight is 559 g/mol. The molecule has 1 aliphatic heterocycles. The Balaban J connectivity index is 1.76. The Morgan fingerprint density at radius 2 is 2.07 bits per heavy atom. The molecule has 7 nitrogen and oxygen atoms in total. The molecule has 2 aromatic carbocycles. The Labute approximate surface area is 195 Å². The number of carbonyl (C=O) groups is 3. The molecule has 0 aromatic heterocycles. The molecule has 30 heavy (non-hydrogen) atoms. The van der Waals surface area contributed by atoms with Crippen molar-refractivity contribution in [2.45, 2.75) is 6.92 Å². The van der Waals surface area contributed by atoms with E-state index in [0.29, 0.717) is 26.5 Å². The first-order valence-corrected chi connectivity index (χ1v) is 11.0. The molecule has 0 spiro atoms. The van der Waals surface area contributed by atoms with E-state index in [4.69, 9.17) is 16.3 Å². The SMILES string of the molecule is CCOc1cc(/C=C2/SC(=O)N(CC(=O)Nc3ccccc3Cl)C2=O)cc(I)c1O. The van der Waals surface area contributed by atoms with Crippen LogP contribution in [0.5, 0.6) is 11.5 Å². The number of amides is 3.